The zero-order valence-corrected chi connectivity index (χ0v) is 42.7. The van der Waals surface area contributed by atoms with E-state index in [2.05, 4.69) is 104 Å². The van der Waals surface area contributed by atoms with Crippen molar-refractivity contribution in [3.8, 4) is 22.5 Å². The molecule has 2 heterocycles. The molecule has 1 N–H and O–H groups in total. The molecule has 2 aromatic heterocycles. The van der Waals surface area contributed by atoms with Crippen molar-refractivity contribution in [2.75, 3.05) is 0 Å². The summed E-state index contributed by atoms with van der Waals surface area (Å²) in [5.74, 6) is -0.392. The molecule has 2 aliphatic carbocycles. The van der Waals surface area contributed by atoms with Gasteiger partial charge in [-0.2, -0.15) is 13.2 Å². The maximum absolute atomic E-state index is 12.3. The minimum atomic E-state index is -4.33. The fourth-order valence-corrected chi connectivity index (χ4v) is 9.90. The van der Waals surface area contributed by atoms with Crippen LogP contribution in [0.4, 0.5) is 13.2 Å². The van der Waals surface area contributed by atoms with Crippen LogP contribution in [0.15, 0.2) is 97.0 Å². The Hall–Kier alpha value is -4.65. The van der Waals surface area contributed by atoms with Gasteiger partial charge in [-0.25, -0.2) is 0 Å². The van der Waals surface area contributed by atoms with Crippen LogP contribution in [-0.2, 0) is 37.7 Å². The number of carbonyl (C=O) groups is 1. The van der Waals surface area contributed by atoms with Gasteiger partial charge in [0.25, 0.3) is 0 Å². The average molecular weight is 1090 g/mol. The predicted molar refractivity (Wildman–Crippen MR) is 267 cm³/mol. The van der Waals surface area contributed by atoms with Gasteiger partial charge >= 0.3 is 6.18 Å². The van der Waals surface area contributed by atoms with Crippen molar-refractivity contribution in [1.82, 2.24) is 9.97 Å². The minimum Gasteiger partial charge on any atom is -0.512 e. The van der Waals surface area contributed by atoms with Gasteiger partial charge in [0.05, 0.1) is 16.3 Å². The van der Waals surface area contributed by atoms with Crippen molar-refractivity contribution < 1.29 is 47.3 Å². The fraction of sp³-hybridized carbons (Fsp3) is 0.441. The number of pyridine rings is 2. The van der Waals surface area contributed by atoms with E-state index in [0.717, 1.165) is 91.5 Å². The number of ketones is 1. The number of aliphatic hydroxyl groups is 1. The van der Waals surface area contributed by atoms with Gasteiger partial charge in [0, 0.05) is 50.4 Å². The van der Waals surface area contributed by atoms with Gasteiger partial charge in [0.15, 0.2) is 5.78 Å². The summed E-state index contributed by atoms with van der Waals surface area (Å²) in [6.45, 7) is 13.5. The molecular weight excluding hydrogens is 1020 g/mol. The molecule has 1 radical (unpaired) electrons. The van der Waals surface area contributed by atoms with E-state index in [1.165, 1.54) is 68.1 Å². The number of halogens is 3. The van der Waals surface area contributed by atoms with E-state index in [0.29, 0.717) is 19.0 Å². The summed E-state index contributed by atoms with van der Waals surface area (Å²) in [5.41, 5.74) is 10.7. The van der Waals surface area contributed by atoms with E-state index in [1.807, 2.05) is 26.8 Å². The number of benzene rings is 4. The third-order valence-corrected chi connectivity index (χ3v) is 13.3. The van der Waals surface area contributed by atoms with Crippen LogP contribution in [0.25, 0.3) is 44.1 Å². The summed E-state index contributed by atoms with van der Waals surface area (Å²) in [7, 11) is 0. The van der Waals surface area contributed by atoms with Crippen LogP contribution in [0.1, 0.15) is 135 Å². The van der Waals surface area contributed by atoms with Crippen molar-refractivity contribution in [3.05, 3.63) is 142 Å². The van der Waals surface area contributed by atoms with E-state index in [-0.39, 0.29) is 50.4 Å². The molecule has 0 spiro atoms. The molecule has 1 unspecified atom stereocenters. The first-order valence-corrected chi connectivity index (χ1v) is 24.2. The van der Waals surface area contributed by atoms with Gasteiger partial charge in [-0.15, -0.1) is 69.8 Å². The zero-order chi connectivity index (χ0) is 50.0. The second-order valence-electron chi connectivity index (χ2n) is 18.9. The Balaban J connectivity index is 0.000000198. The van der Waals surface area contributed by atoms with E-state index in [9.17, 15) is 23.1 Å². The first-order chi connectivity index (χ1) is 32.8. The monoisotopic (exact) mass is 1090 g/mol. The van der Waals surface area contributed by atoms with Crippen molar-refractivity contribution in [2.45, 2.75) is 145 Å². The second-order valence-corrected chi connectivity index (χ2v) is 18.9. The molecule has 67 heavy (non-hydrogen) atoms. The molecule has 8 heteroatoms. The summed E-state index contributed by atoms with van der Waals surface area (Å²) in [6, 6.07) is 30.4. The third kappa shape index (κ3) is 15.4. The Kier molecular flexibility index (Phi) is 18.3. The summed E-state index contributed by atoms with van der Waals surface area (Å²) in [5, 5.41) is 13.6. The molecule has 6 aromatic rings. The van der Waals surface area contributed by atoms with Crippen LogP contribution in [0, 0.1) is 63.5 Å². The smallest absolute Gasteiger partial charge is 0.389 e. The molecular formula is C59H69F3IrN2O2-2. The molecule has 359 valence electrons. The molecule has 8 rings (SSSR count). The first kappa shape index (κ1) is 48.8. The van der Waals surface area contributed by atoms with Gasteiger partial charge in [-0.1, -0.05) is 136 Å². The molecule has 0 saturated heterocycles. The number of fused-ring (bicyclic) bond motifs is 2. The van der Waals surface area contributed by atoms with Crippen LogP contribution in [0.5, 0.6) is 0 Å². The largest absolute Gasteiger partial charge is 0.512 e. The number of carbonyl (C=O) groups excluding carboxylic acids is 1. The van der Waals surface area contributed by atoms with Crippen LogP contribution < -0.4 is 0 Å². The molecule has 0 amide bonds. The van der Waals surface area contributed by atoms with Gasteiger partial charge in [0.1, 0.15) is 0 Å². The molecule has 2 aliphatic rings. The number of nitrogens with zero attached hydrogens (tertiary/aromatic N) is 2. The van der Waals surface area contributed by atoms with E-state index in [4.69, 9.17) is 4.11 Å². The van der Waals surface area contributed by atoms with Crippen LogP contribution in [0.3, 0.4) is 0 Å². The standard InChI is InChI=1S/2C23H24N.C13H21F3O2.Ir/c2*1-16-11-17(2)13-21(12-16)23-22-8-7-19(14-18-5-3-4-6-18)15-20(22)9-10-24-23;1-4-9(5-2)11(17)7-12(18)10(6-3)8-13(14,15)16;/h2*7-12,15,18H,3-6,14H2,1-2H3;7,9-10,18H,4-6,8H2,1-3H3;/q2*-1;;/b;;12-7-;/i9D,10D;10D;;. The molecule has 2 fully saturated rings. The van der Waals surface area contributed by atoms with E-state index in [1.54, 1.807) is 6.92 Å². The fourth-order valence-electron chi connectivity index (χ4n) is 9.90. The van der Waals surface area contributed by atoms with Crippen molar-refractivity contribution in [1.29, 1.82) is 0 Å². The number of aromatic nitrogens is 2. The van der Waals surface area contributed by atoms with Crippen molar-refractivity contribution in [3.63, 3.8) is 0 Å². The number of hydrogen-bond acceptors (Lipinski definition) is 4. The number of rotatable bonds is 13. The Morgan fingerprint density at radius 1 is 0.701 bits per heavy atom. The predicted octanol–water partition coefficient (Wildman–Crippen LogP) is 16.5. The van der Waals surface area contributed by atoms with Gasteiger partial charge in [-0.3, -0.25) is 4.79 Å². The molecule has 0 aliphatic heterocycles. The Labute approximate surface area is 415 Å². The van der Waals surface area contributed by atoms with Crippen molar-refractivity contribution in [2.24, 2.45) is 23.7 Å². The van der Waals surface area contributed by atoms with Crippen molar-refractivity contribution >= 4 is 27.3 Å². The Morgan fingerprint density at radius 3 is 1.63 bits per heavy atom. The number of alkyl halides is 3. The van der Waals surface area contributed by atoms with Gasteiger partial charge in [0.2, 0.25) is 0 Å². The van der Waals surface area contributed by atoms with Crippen LogP contribution in [0.2, 0.25) is 0 Å². The molecule has 4 aromatic carbocycles. The van der Waals surface area contributed by atoms with E-state index < -0.39 is 24.3 Å². The quantitative estimate of drug-likeness (QED) is 0.0711. The summed E-state index contributed by atoms with van der Waals surface area (Å²) in [6.07, 6.45) is 10.3. The van der Waals surface area contributed by atoms with E-state index >= 15 is 0 Å². The number of allylic oxidation sites excluding steroid dienone is 2. The number of aryl methyl sites for hydroxylation is 4. The van der Waals surface area contributed by atoms with Crippen LogP contribution in [-0.4, -0.2) is 27.0 Å². The second kappa shape index (κ2) is 25.1. The van der Waals surface area contributed by atoms with Crippen LogP contribution >= 0.6 is 0 Å². The average Bonchev–Trinajstić information content (AvgIpc) is 4.01. The summed E-state index contributed by atoms with van der Waals surface area (Å²) in [4.78, 5) is 20.6. The molecule has 4 nitrogen and oxygen atoms in total. The number of aliphatic hydroxyl groups excluding tert-OH is 1. The van der Waals surface area contributed by atoms with Gasteiger partial charge < -0.3 is 15.1 Å². The summed E-state index contributed by atoms with van der Waals surface area (Å²) >= 11 is 0. The maximum Gasteiger partial charge on any atom is 0.389 e. The summed E-state index contributed by atoms with van der Waals surface area (Å²) < 4.78 is 61.5. The maximum atomic E-state index is 12.3. The normalized spacial score (nSPS) is 15.6. The Bertz CT molecular complexity index is 2720. The first-order valence-electron chi connectivity index (χ1n) is 25.7. The SMILES string of the molecule is CCC(CC)C(=O)/C=C(\O)C(CC)CC(F)(F)F.[2H]c1cc2cc(CC3CCCC3)ccc2c(-c2[c-]c(C)cc(C)c2)n1.[2H]c1nc(-c2[c-]c(C)cc(C)c2)c2ccc(CC3CCCC3)cc2c1[2H].[Ir]. The number of hydrogen-bond donors (Lipinski definition) is 1. The Morgan fingerprint density at radius 2 is 1.16 bits per heavy atom. The molecule has 0 bridgehead atoms. The third-order valence-electron chi connectivity index (χ3n) is 13.3. The van der Waals surface area contributed by atoms with Gasteiger partial charge in [-0.05, 0) is 100 Å². The minimum absolute atomic E-state index is 0. The molecule has 1 atom stereocenters. The molecule has 2 saturated carbocycles. The zero-order valence-electron chi connectivity index (χ0n) is 43.4. The topological polar surface area (TPSA) is 63.1 Å².